The Kier molecular flexibility index (Phi) is 2.69. The molecule has 2 unspecified atom stereocenters. The van der Waals surface area contributed by atoms with E-state index in [9.17, 15) is 4.79 Å². The second-order valence-corrected chi connectivity index (χ2v) is 6.52. The number of aromatic nitrogens is 2. The van der Waals surface area contributed by atoms with Crippen molar-refractivity contribution in [2.24, 2.45) is 0 Å². The first-order valence-corrected chi connectivity index (χ1v) is 8.07. The van der Waals surface area contributed by atoms with Crippen LogP contribution in [0, 0.1) is 0 Å². The minimum Gasteiger partial charge on any atom is -0.331 e. The zero-order chi connectivity index (χ0) is 12.8. The van der Waals surface area contributed by atoms with Gasteiger partial charge < -0.3 is 4.90 Å². The third kappa shape index (κ3) is 1.83. The summed E-state index contributed by atoms with van der Waals surface area (Å²) >= 11 is 1.90. The molecule has 3 aliphatic heterocycles. The van der Waals surface area contributed by atoms with Gasteiger partial charge in [-0.05, 0) is 19.3 Å². The zero-order valence-electron chi connectivity index (χ0n) is 10.8. The maximum absolute atomic E-state index is 12.6. The molecule has 0 N–H and O–H groups in total. The van der Waals surface area contributed by atoms with Gasteiger partial charge in [0.05, 0.1) is 17.9 Å². The lowest BCUT2D eigenvalue weighted by atomic mass is 10.1. The first kappa shape index (κ1) is 11.6. The third-order valence-electron chi connectivity index (χ3n) is 4.42. The summed E-state index contributed by atoms with van der Waals surface area (Å²) in [5.41, 5.74) is 2.55. The van der Waals surface area contributed by atoms with Crippen molar-refractivity contribution in [3.05, 3.63) is 29.6 Å². The normalized spacial score (nSPS) is 27.9. The molecule has 2 atom stereocenters. The summed E-state index contributed by atoms with van der Waals surface area (Å²) in [4.78, 5) is 14.6. The highest BCUT2D eigenvalue weighted by Gasteiger charge is 2.37. The van der Waals surface area contributed by atoms with Crippen LogP contribution in [0.3, 0.4) is 0 Å². The van der Waals surface area contributed by atoms with Crippen LogP contribution in [0.5, 0.6) is 0 Å². The predicted molar refractivity (Wildman–Crippen MR) is 74.6 cm³/mol. The van der Waals surface area contributed by atoms with Crippen molar-refractivity contribution in [3.8, 4) is 0 Å². The molecule has 100 valence electrons. The van der Waals surface area contributed by atoms with E-state index in [1.807, 2.05) is 22.6 Å². The molecule has 0 aromatic carbocycles. The van der Waals surface area contributed by atoms with Crippen LogP contribution in [0.15, 0.2) is 18.3 Å². The van der Waals surface area contributed by atoms with Crippen LogP contribution < -0.4 is 0 Å². The molecule has 4 rings (SSSR count). The van der Waals surface area contributed by atoms with Gasteiger partial charge in [-0.25, -0.2) is 0 Å². The molecule has 1 aromatic heterocycles. The minimum absolute atomic E-state index is 0.236. The highest BCUT2D eigenvalue weighted by molar-refractivity contribution is 7.98. The molecule has 1 saturated heterocycles. The Morgan fingerprint density at radius 2 is 2.37 bits per heavy atom. The summed E-state index contributed by atoms with van der Waals surface area (Å²) in [7, 11) is 0. The van der Waals surface area contributed by atoms with Gasteiger partial charge in [0.15, 0.2) is 0 Å². The molecule has 0 spiro atoms. The molecule has 4 heterocycles. The van der Waals surface area contributed by atoms with Crippen LogP contribution in [-0.4, -0.2) is 32.7 Å². The fourth-order valence-corrected chi connectivity index (χ4v) is 4.55. The van der Waals surface area contributed by atoms with Gasteiger partial charge in [0.25, 0.3) is 0 Å². The number of fused-ring (bicyclic) bond motifs is 3. The molecule has 5 heteroatoms. The number of hydrogen-bond acceptors (Lipinski definition) is 3. The molecule has 4 nitrogen and oxygen atoms in total. The fraction of sp³-hybridized carbons (Fsp3) is 0.571. The Morgan fingerprint density at radius 1 is 1.42 bits per heavy atom. The van der Waals surface area contributed by atoms with Crippen molar-refractivity contribution < 1.29 is 4.79 Å². The van der Waals surface area contributed by atoms with Gasteiger partial charge in [-0.3, -0.25) is 9.48 Å². The quantitative estimate of drug-likeness (QED) is 0.774. The Hall–Kier alpha value is -1.23. The Labute approximate surface area is 116 Å². The van der Waals surface area contributed by atoms with Crippen molar-refractivity contribution in [1.29, 1.82) is 0 Å². The Morgan fingerprint density at radius 3 is 3.26 bits per heavy atom. The molecular formula is C14H17N3OS. The highest BCUT2D eigenvalue weighted by Crippen LogP contribution is 2.33. The predicted octanol–water partition coefficient (Wildman–Crippen LogP) is 1.95. The number of thioether (sulfide) groups is 1. The van der Waals surface area contributed by atoms with E-state index in [4.69, 9.17) is 0 Å². The largest absolute Gasteiger partial charge is 0.331 e. The topological polar surface area (TPSA) is 38.1 Å². The van der Waals surface area contributed by atoms with E-state index < -0.39 is 0 Å². The molecule has 2 bridgehead atoms. The van der Waals surface area contributed by atoms with E-state index in [-0.39, 0.29) is 5.91 Å². The zero-order valence-corrected chi connectivity index (χ0v) is 11.6. The van der Waals surface area contributed by atoms with E-state index in [1.54, 1.807) is 0 Å². The molecule has 0 saturated carbocycles. The lowest BCUT2D eigenvalue weighted by Crippen LogP contribution is -2.44. The number of rotatable bonds is 2. The Bertz CT molecular complexity index is 551. The van der Waals surface area contributed by atoms with Gasteiger partial charge in [0, 0.05) is 23.1 Å². The Balaban J connectivity index is 1.54. The average Bonchev–Trinajstić information content (AvgIpc) is 3.06. The van der Waals surface area contributed by atoms with Gasteiger partial charge >= 0.3 is 0 Å². The molecule has 1 aromatic rings. The van der Waals surface area contributed by atoms with Crippen molar-refractivity contribution in [3.63, 3.8) is 0 Å². The van der Waals surface area contributed by atoms with Crippen molar-refractivity contribution in [1.82, 2.24) is 14.7 Å². The molecular weight excluding hydrogens is 258 g/mol. The summed E-state index contributed by atoms with van der Waals surface area (Å²) in [5.74, 6) is 2.27. The lowest BCUT2D eigenvalue weighted by Gasteiger charge is -2.31. The second kappa shape index (κ2) is 4.40. The molecule has 19 heavy (non-hydrogen) atoms. The van der Waals surface area contributed by atoms with Gasteiger partial charge in [0.2, 0.25) is 5.91 Å². The summed E-state index contributed by atoms with van der Waals surface area (Å²) in [6, 6.07) is 0.768. The van der Waals surface area contributed by atoms with Crippen LogP contribution in [0.25, 0.3) is 0 Å². The third-order valence-corrected chi connectivity index (χ3v) is 5.41. The number of amides is 1. The number of nitrogens with zero attached hydrogens (tertiary/aromatic N) is 3. The van der Waals surface area contributed by atoms with Gasteiger partial charge in [0.1, 0.15) is 6.54 Å². The first-order chi connectivity index (χ1) is 9.33. The highest BCUT2D eigenvalue weighted by atomic mass is 32.2. The van der Waals surface area contributed by atoms with E-state index in [1.165, 1.54) is 11.3 Å². The summed E-state index contributed by atoms with van der Waals surface area (Å²) in [6.45, 7) is 0.413. The number of hydrogen-bond donors (Lipinski definition) is 0. The number of carbonyl (C=O) groups is 1. The van der Waals surface area contributed by atoms with Crippen molar-refractivity contribution in [2.75, 3.05) is 0 Å². The van der Waals surface area contributed by atoms with Crippen molar-refractivity contribution >= 4 is 17.7 Å². The van der Waals surface area contributed by atoms with Crippen LogP contribution in [0.2, 0.25) is 0 Å². The SMILES string of the molecule is O=C(Cn1ncc2c1CSC2)N1C2C=CCC1CC2. The van der Waals surface area contributed by atoms with E-state index >= 15 is 0 Å². The number of carbonyl (C=O) groups excluding carboxylic acids is 1. The maximum atomic E-state index is 12.6. The van der Waals surface area contributed by atoms with Crippen LogP contribution >= 0.6 is 11.8 Å². The summed E-state index contributed by atoms with van der Waals surface area (Å²) < 4.78 is 1.91. The van der Waals surface area contributed by atoms with E-state index in [0.29, 0.717) is 18.6 Å². The lowest BCUT2D eigenvalue weighted by molar-refractivity contribution is -0.134. The average molecular weight is 275 g/mol. The van der Waals surface area contributed by atoms with Gasteiger partial charge in [-0.2, -0.15) is 16.9 Å². The smallest absolute Gasteiger partial charge is 0.245 e. The monoisotopic (exact) mass is 275 g/mol. The van der Waals surface area contributed by atoms with Gasteiger partial charge in [-0.15, -0.1) is 0 Å². The van der Waals surface area contributed by atoms with Gasteiger partial charge in [-0.1, -0.05) is 12.2 Å². The molecule has 1 amide bonds. The van der Waals surface area contributed by atoms with E-state index in [2.05, 4.69) is 22.2 Å². The van der Waals surface area contributed by atoms with Crippen LogP contribution in [0.4, 0.5) is 0 Å². The standard InChI is InChI=1S/C14H17N3OS/c18-14(17-11-2-1-3-12(17)5-4-11)7-16-13-9-19-8-10(13)6-15-16/h1-2,6,11-12H,3-5,7-9H2. The molecule has 3 aliphatic rings. The second-order valence-electron chi connectivity index (χ2n) is 5.53. The molecule has 0 aliphatic carbocycles. The summed E-state index contributed by atoms with van der Waals surface area (Å²) in [6.07, 6.45) is 9.65. The first-order valence-electron chi connectivity index (χ1n) is 6.92. The molecule has 0 radical (unpaired) electrons. The minimum atomic E-state index is 0.236. The fourth-order valence-electron chi connectivity index (χ4n) is 3.45. The maximum Gasteiger partial charge on any atom is 0.245 e. The van der Waals surface area contributed by atoms with Crippen LogP contribution in [-0.2, 0) is 22.8 Å². The van der Waals surface area contributed by atoms with E-state index in [0.717, 1.165) is 30.8 Å². The molecule has 1 fully saturated rings. The summed E-state index contributed by atoms with van der Waals surface area (Å²) in [5, 5.41) is 4.38. The van der Waals surface area contributed by atoms with Crippen LogP contribution in [0.1, 0.15) is 30.5 Å². The van der Waals surface area contributed by atoms with Crippen molar-refractivity contribution in [2.45, 2.75) is 49.4 Å².